The van der Waals surface area contributed by atoms with Crippen LogP contribution in [0.4, 0.5) is 0 Å². The number of esters is 1. The molecule has 0 unspecified atom stereocenters. The Labute approximate surface area is 155 Å². The lowest BCUT2D eigenvalue weighted by Gasteiger charge is -2.32. The first-order chi connectivity index (χ1) is 11.9. The smallest absolute Gasteiger partial charge is 0.469 e. The second-order valence-electron chi connectivity index (χ2n) is 7.21. The highest BCUT2D eigenvalue weighted by Gasteiger charge is 2.52. The van der Waals surface area contributed by atoms with E-state index in [0.717, 1.165) is 0 Å². The van der Waals surface area contributed by atoms with Crippen molar-refractivity contribution in [3.8, 4) is 0 Å². The number of ether oxygens (including phenoxy) is 1. The molecule has 1 aliphatic heterocycles. The molecule has 0 atom stereocenters. The second kappa shape index (κ2) is 7.30. The van der Waals surface area contributed by atoms with Crippen LogP contribution in [0.25, 0.3) is 0 Å². The van der Waals surface area contributed by atoms with Crippen molar-refractivity contribution in [3.05, 3.63) is 23.8 Å². The van der Waals surface area contributed by atoms with Crippen LogP contribution in [-0.4, -0.2) is 46.4 Å². The third-order valence-corrected chi connectivity index (χ3v) is 6.39. The Bertz CT molecular complexity index is 774. The maximum Gasteiger partial charge on any atom is 0.496 e. The van der Waals surface area contributed by atoms with Gasteiger partial charge in [0.25, 0.3) is 0 Å². The maximum atomic E-state index is 12.7. The number of carbonyl (C=O) groups excluding carboxylic acids is 1. The molecule has 2 rings (SSSR count). The van der Waals surface area contributed by atoms with Crippen molar-refractivity contribution in [2.75, 3.05) is 13.7 Å². The van der Waals surface area contributed by atoms with Gasteiger partial charge in [-0.05, 0) is 39.3 Å². The van der Waals surface area contributed by atoms with Gasteiger partial charge >= 0.3 is 13.1 Å². The number of methoxy groups -OCH3 is 1. The summed E-state index contributed by atoms with van der Waals surface area (Å²) in [6.45, 7) is 9.54. The van der Waals surface area contributed by atoms with Gasteiger partial charge in [-0.3, -0.25) is 4.79 Å². The van der Waals surface area contributed by atoms with Crippen molar-refractivity contribution in [2.24, 2.45) is 0 Å². The van der Waals surface area contributed by atoms with E-state index < -0.39 is 34.3 Å². The van der Waals surface area contributed by atoms with Crippen LogP contribution in [0.3, 0.4) is 0 Å². The summed E-state index contributed by atoms with van der Waals surface area (Å²) in [5.41, 5.74) is -0.254. The number of hydrogen-bond donors (Lipinski definition) is 1. The minimum absolute atomic E-state index is 0.0191. The zero-order chi connectivity index (χ0) is 19.8. The lowest BCUT2D eigenvalue weighted by Crippen LogP contribution is -2.41. The van der Waals surface area contributed by atoms with Gasteiger partial charge in [-0.15, -0.1) is 0 Å². The van der Waals surface area contributed by atoms with Crippen molar-refractivity contribution in [2.45, 2.75) is 57.1 Å². The first-order valence-corrected chi connectivity index (χ1v) is 9.97. The average Bonchev–Trinajstić information content (AvgIpc) is 2.75. The molecule has 1 aromatic carbocycles. The van der Waals surface area contributed by atoms with Crippen LogP contribution in [-0.2, 0) is 35.3 Å². The standard InChI is InChI=1S/C17H26BNO6S/c1-7-19-26(21,22)14-10-12(11-15(20)23-6)8-9-13(14)18-24-16(2,3)17(4,5)25-18/h8-10,19H,7,11H2,1-6H3. The molecule has 1 heterocycles. The van der Waals surface area contributed by atoms with Crippen LogP contribution in [0, 0.1) is 0 Å². The topological polar surface area (TPSA) is 90.9 Å². The Morgan fingerprint density at radius 1 is 1.19 bits per heavy atom. The molecule has 0 radical (unpaired) electrons. The molecule has 0 aromatic heterocycles. The summed E-state index contributed by atoms with van der Waals surface area (Å²) in [5.74, 6) is -0.444. The first kappa shape index (κ1) is 20.9. The number of nitrogens with one attached hydrogen (secondary N) is 1. The van der Waals surface area contributed by atoms with E-state index >= 15 is 0 Å². The summed E-state index contributed by atoms with van der Waals surface area (Å²) < 4.78 is 44.5. The van der Waals surface area contributed by atoms with Crippen LogP contribution in [0.5, 0.6) is 0 Å². The van der Waals surface area contributed by atoms with Gasteiger partial charge in [-0.2, -0.15) is 0 Å². The molecular weight excluding hydrogens is 357 g/mol. The summed E-state index contributed by atoms with van der Waals surface area (Å²) in [5, 5.41) is 0. The van der Waals surface area contributed by atoms with E-state index in [1.165, 1.54) is 13.2 Å². The van der Waals surface area contributed by atoms with Gasteiger partial charge in [-0.1, -0.05) is 19.1 Å². The second-order valence-corrected chi connectivity index (χ2v) is 8.95. The van der Waals surface area contributed by atoms with Crippen molar-refractivity contribution < 1.29 is 27.3 Å². The number of rotatable bonds is 6. The highest BCUT2D eigenvalue weighted by molar-refractivity contribution is 7.89. The Kier molecular flexibility index (Phi) is 5.87. The summed E-state index contributed by atoms with van der Waals surface area (Å²) >= 11 is 0. The fraction of sp³-hybridized carbons (Fsp3) is 0.588. The van der Waals surface area contributed by atoms with E-state index in [-0.39, 0.29) is 17.9 Å². The Morgan fingerprint density at radius 2 is 1.77 bits per heavy atom. The molecule has 9 heteroatoms. The zero-order valence-electron chi connectivity index (χ0n) is 16.1. The molecule has 1 saturated heterocycles. The quantitative estimate of drug-likeness (QED) is 0.582. The molecule has 1 N–H and O–H groups in total. The zero-order valence-corrected chi connectivity index (χ0v) is 16.9. The highest BCUT2D eigenvalue weighted by Crippen LogP contribution is 2.37. The predicted molar refractivity (Wildman–Crippen MR) is 98.7 cm³/mol. The van der Waals surface area contributed by atoms with Gasteiger partial charge in [0, 0.05) is 12.0 Å². The summed E-state index contributed by atoms with van der Waals surface area (Å²) in [6.07, 6.45) is -0.0191. The number of carbonyl (C=O) groups is 1. The van der Waals surface area contributed by atoms with E-state index in [1.54, 1.807) is 19.1 Å². The van der Waals surface area contributed by atoms with Gasteiger partial charge in [0.2, 0.25) is 10.0 Å². The van der Waals surface area contributed by atoms with Crippen molar-refractivity contribution in [1.29, 1.82) is 0 Å². The summed E-state index contributed by atoms with van der Waals surface area (Å²) in [6, 6.07) is 4.78. The van der Waals surface area contributed by atoms with E-state index in [9.17, 15) is 13.2 Å². The fourth-order valence-corrected chi connectivity index (χ4v) is 3.91. The third-order valence-electron chi connectivity index (χ3n) is 4.79. The van der Waals surface area contributed by atoms with Gasteiger partial charge < -0.3 is 14.0 Å². The van der Waals surface area contributed by atoms with Gasteiger partial charge in [0.05, 0.1) is 29.6 Å². The van der Waals surface area contributed by atoms with Crippen LogP contribution in [0.15, 0.2) is 23.1 Å². The van der Waals surface area contributed by atoms with Gasteiger partial charge in [-0.25, -0.2) is 13.1 Å². The van der Waals surface area contributed by atoms with Crippen LogP contribution >= 0.6 is 0 Å². The lowest BCUT2D eigenvalue weighted by molar-refractivity contribution is -0.139. The Morgan fingerprint density at radius 3 is 2.27 bits per heavy atom. The fourth-order valence-electron chi connectivity index (χ4n) is 2.59. The largest absolute Gasteiger partial charge is 0.496 e. The lowest BCUT2D eigenvalue weighted by atomic mass is 9.78. The molecule has 1 fully saturated rings. The molecular formula is C17H26BNO6S. The molecule has 0 spiro atoms. The van der Waals surface area contributed by atoms with Crippen LogP contribution in [0.2, 0.25) is 0 Å². The molecule has 7 nitrogen and oxygen atoms in total. The summed E-state index contributed by atoms with van der Waals surface area (Å²) in [7, 11) is -3.31. The molecule has 1 aliphatic rings. The van der Waals surface area contributed by atoms with Crippen LogP contribution < -0.4 is 10.2 Å². The van der Waals surface area contributed by atoms with Crippen molar-refractivity contribution in [1.82, 2.24) is 4.72 Å². The number of sulfonamides is 1. The molecule has 0 aliphatic carbocycles. The van der Waals surface area contributed by atoms with Crippen molar-refractivity contribution in [3.63, 3.8) is 0 Å². The third kappa shape index (κ3) is 4.11. The molecule has 144 valence electrons. The van der Waals surface area contributed by atoms with E-state index in [2.05, 4.69) is 9.46 Å². The molecule has 0 bridgehead atoms. The van der Waals surface area contributed by atoms with E-state index in [0.29, 0.717) is 11.0 Å². The molecule has 1 aromatic rings. The first-order valence-electron chi connectivity index (χ1n) is 8.48. The molecule has 0 amide bonds. The molecule has 0 saturated carbocycles. The summed E-state index contributed by atoms with van der Waals surface area (Å²) in [4.78, 5) is 11.6. The van der Waals surface area contributed by atoms with Gasteiger partial charge in [0.15, 0.2) is 0 Å². The predicted octanol–water partition coefficient (Wildman–Crippen LogP) is 0.999. The highest BCUT2D eigenvalue weighted by atomic mass is 32.2. The molecule has 26 heavy (non-hydrogen) atoms. The monoisotopic (exact) mass is 383 g/mol. The Balaban J connectivity index is 2.51. The van der Waals surface area contributed by atoms with E-state index in [4.69, 9.17) is 9.31 Å². The number of hydrogen-bond acceptors (Lipinski definition) is 6. The van der Waals surface area contributed by atoms with Crippen molar-refractivity contribution >= 4 is 28.6 Å². The minimum atomic E-state index is -3.78. The van der Waals surface area contributed by atoms with Crippen LogP contribution in [0.1, 0.15) is 40.2 Å². The average molecular weight is 383 g/mol. The Hall–Kier alpha value is -1.42. The maximum absolute atomic E-state index is 12.7. The van der Waals surface area contributed by atoms with Gasteiger partial charge in [0.1, 0.15) is 0 Å². The van der Waals surface area contributed by atoms with E-state index in [1.807, 2.05) is 27.7 Å². The SMILES string of the molecule is CCNS(=O)(=O)c1cc(CC(=O)OC)ccc1B1OC(C)(C)C(C)(C)O1. The normalized spacial score (nSPS) is 18.8. The number of benzene rings is 1. The minimum Gasteiger partial charge on any atom is -0.469 e.